The molecule has 1 atom stereocenters. The summed E-state index contributed by atoms with van der Waals surface area (Å²) in [7, 11) is 1.54. The maximum absolute atomic E-state index is 12.9. The van der Waals surface area contributed by atoms with Gasteiger partial charge in [-0.25, -0.2) is 4.98 Å². The summed E-state index contributed by atoms with van der Waals surface area (Å²) in [5, 5.41) is 5.72. The number of nitrogens with zero attached hydrogens (tertiary/aromatic N) is 1. The van der Waals surface area contributed by atoms with E-state index in [4.69, 9.17) is 4.74 Å². The highest BCUT2D eigenvalue weighted by molar-refractivity contribution is 5.50. The van der Waals surface area contributed by atoms with Crippen molar-refractivity contribution in [1.29, 1.82) is 0 Å². The van der Waals surface area contributed by atoms with Crippen molar-refractivity contribution < 1.29 is 17.9 Å². The van der Waals surface area contributed by atoms with Gasteiger partial charge < -0.3 is 15.4 Å². The molecule has 7 heteroatoms. The lowest BCUT2D eigenvalue weighted by Gasteiger charge is -2.35. The van der Waals surface area contributed by atoms with Crippen molar-refractivity contribution in [3.8, 4) is 0 Å². The predicted octanol–water partition coefficient (Wildman–Crippen LogP) is 3.12. The van der Waals surface area contributed by atoms with Gasteiger partial charge in [-0.2, -0.15) is 13.2 Å². The minimum atomic E-state index is -4.39. The van der Waals surface area contributed by atoms with E-state index in [1.165, 1.54) is 7.05 Å². The van der Waals surface area contributed by atoms with E-state index in [2.05, 4.69) is 15.6 Å². The zero-order valence-electron chi connectivity index (χ0n) is 11.5. The van der Waals surface area contributed by atoms with E-state index in [1.807, 2.05) is 6.92 Å². The molecule has 112 valence electrons. The first-order chi connectivity index (χ1) is 9.32. The Kier molecular flexibility index (Phi) is 4.08. The topological polar surface area (TPSA) is 46.2 Å². The molecule has 0 aromatic carbocycles. The van der Waals surface area contributed by atoms with Gasteiger partial charge in [0.05, 0.1) is 17.7 Å². The first-order valence-electron chi connectivity index (χ1n) is 6.45. The Hall–Kier alpha value is -1.50. The summed E-state index contributed by atoms with van der Waals surface area (Å²) in [5.74, 6) is 0.389. The van der Waals surface area contributed by atoms with Crippen LogP contribution in [0.3, 0.4) is 0 Å². The summed E-state index contributed by atoms with van der Waals surface area (Å²) in [6.45, 7) is 3.07. The van der Waals surface area contributed by atoms with Crippen molar-refractivity contribution in [2.45, 2.75) is 31.5 Å². The van der Waals surface area contributed by atoms with E-state index in [1.54, 1.807) is 0 Å². The Morgan fingerprint density at radius 1 is 1.30 bits per heavy atom. The SMILES string of the molecule is CNc1cc(C(F)(F)F)cc(NC2(C)CCCOC2)n1. The van der Waals surface area contributed by atoms with Gasteiger partial charge >= 0.3 is 6.18 Å². The monoisotopic (exact) mass is 289 g/mol. The van der Waals surface area contributed by atoms with Gasteiger partial charge in [0, 0.05) is 13.7 Å². The van der Waals surface area contributed by atoms with Gasteiger partial charge in [-0.15, -0.1) is 0 Å². The summed E-state index contributed by atoms with van der Waals surface area (Å²) in [6, 6.07) is 2.02. The van der Waals surface area contributed by atoms with Crippen molar-refractivity contribution in [1.82, 2.24) is 4.98 Å². The number of anilines is 2. The Morgan fingerprint density at radius 2 is 2.00 bits per heavy atom. The molecule has 1 aromatic rings. The largest absolute Gasteiger partial charge is 0.416 e. The van der Waals surface area contributed by atoms with Gasteiger partial charge in [0.1, 0.15) is 11.6 Å². The number of nitrogens with one attached hydrogen (secondary N) is 2. The van der Waals surface area contributed by atoms with Crippen LogP contribution in [0.5, 0.6) is 0 Å². The summed E-state index contributed by atoms with van der Waals surface area (Å²) < 4.78 is 43.9. The van der Waals surface area contributed by atoms with Gasteiger partial charge in [-0.3, -0.25) is 0 Å². The molecule has 1 saturated heterocycles. The van der Waals surface area contributed by atoms with E-state index < -0.39 is 11.7 Å². The highest BCUT2D eigenvalue weighted by atomic mass is 19.4. The normalized spacial score (nSPS) is 23.4. The highest BCUT2D eigenvalue weighted by Gasteiger charge is 2.33. The fourth-order valence-electron chi connectivity index (χ4n) is 2.23. The molecule has 1 aliphatic rings. The molecule has 2 heterocycles. The van der Waals surface area contributed by atoms with Crippen LogP contribution >= 0.6 is 0 Å². The lowest BCUT2D eigenvalue weighted by atomic mass is 9.95. The molecular weight excluding hydrogens is 271 g/mol. The van der Waals surface area contributed by atoms with E-state index in [-0.39, 0.29) is 17.2 Å². The molecule has 0 saturated carbocycles. The number of halogens is 3. The van der Waals surface area contributed by atoms with Crippen LogP contribution in [0, 0.1) is 0 Å². The minimum Gasteiger partial charge on any atom is -0.379 e. The van der Waals surface area contributed by atoms with Crippen LogP contribution in [0.25, 0.3) is 0 Å². The molecule has 0 spiro atoms. The van der Waals surface area contributed by atoms with Crippen LogP contribution in [0.1, 0.15) is 25.3 Å². The molecule has 0 radical (unpaired) electrons. The number of hydrogen-bond acceptors (Lipinski definition) is 4. The first kappa shape index (κ1) is 14.9. The zero-order valence-corrected chi connectivity index (χ0v) is 11.5. The van der Waals surface area contributed by atoms with Crippen LogP contribution in [0.2, 0.25) is 0 Å². The first-order valence-corrected chi connectivity index (χ1v) is 6.45. The number of aromatic nitrogens is 1. The second-order valence-corrected chi connectivity index (χ2v) is 5.22. The Labute approximate surface area is 115 Å². The molecule has 20 heavy (non-hydrogen) atoms. The van der Waals surface area contributed by atoms with E-state index in [9.17, 15) is 13.2 Å². The lowest BCUT2D eigenvalue weighted by molar-refractivity contribution is -0.137. The molecule has 1 fully saturated rings. The molecule has 0 aliphatic carbocycles. The molecule has 0 bridgehead atoms. The molecule has 1 aromatic heterocycles. The summed E-state index contributed by atoms with van der Waals surface area (Å²) in [4.78, 5) is 4.13. The maximum atomic E-state index is 12.9. The fourth-order valence-corrected chi connectivity index (χ4v) is 2.23. The van der Waals surface area contributed by atoms with Crippen LogP contribution < -0.4 is 10.6 Å². The van der Waals surface area contributed by atoms with Gasteiger partial charge in [0.25, 0.3) is 0 Å². The number of ether oxygens (including phenoxy) is 1. The second-order valence-electron chi connectivity index (χ2n) is 5.22. The third-order valence-corrected chi connectivity index (χ3v) is 3.28. The summed E-state index contributed by atoms with van der Waals surface area (Å²) in [5.41, 5.74) is -1.11. The smallest absolute Gasteiger partial charge is 0.379 e. The molecular formula is C13H18F3N3O. The second kappa shape index (κ2) is 5.47. The van der Waals surface area contributed by atoms with Gasteiger partial charge in [-0.1, -0.05) is 0 Å². The van der Waals surface area contributed by atoms with Gasteiger partial charge in [0.15, 0.2) is 0 Å². The Bertz CT molecular complexity index is 470. The van der Waals surface area contributed by atoms with Crippen LogP contribution in [0.15, 0.2) is 12.1 Å². The van der Waals surface area contributed by atoms with Crippen molar-refractivity contribution in [2.24, 2.45) is 0 Å². The summed E-state index contributed by atoms with van der Waals surface area (Å²) >= 11 is 0. The molecule has 4 nitrogen and oxygen atoms in total. The van der Waals surface area contributed by atoms with Crippen molar-refractivity contribution >= 4 is 11.6 Å². The molecule has 2 N–H and O–H groups in total. The van der Waals surface area contributed by atoms with Crippen LogP contribution in [0.4, 0.5) is 24.8 Å². The van der Waals surface area contributed by atoms with Gasteiger partial charge in [0.2, 0.25) is 0 Å². The van der Waals surface area contributed by atoms with Crippen molar-refractivity contribution in [3.05, 3.63) is 17.7 Å². The lowest BCUT2D eigenvalue weighted by Crippen LogP contribution is -2.43. The fraction of sp³-hybridized carbons (Fsp3) is 0.615. The number of hydrogen-bond donors (Lipinski definition) is 2. The maximum Gasteiger partial charge on any atom is 0.416 e. The molecule has 2 rings (SSSR count). The van der Waals surface area contributed by atoms with E-state index in [0.29, 0.717) is 13.2 Å². The Morgan fingerprint density at radius 3 is 2.55 bits per heavy atom. The van der Waals surface area contributed by atoms with Crippen molar-refractivity contribution in [2.75, 3.05) is 30.9 Å². The highest BCUT2D eigenvalue weighted by Crippen LogP contribution is 2.33. The van der Waals surface area contributed by atoms with Gasteiger partial charge in [-0.05, 0) is 31.9 Å². The standard InChI is InChI=1S/C13H18F3N3O/c1-12(4-3-5-20-8-12)19-11-7-9(13(14,15)16)6-10(17-2)18-11/h6-7H,3-5,8H2,1-2H3,(H2,17,18,19). The van der Waals surface area contributed by atoms with Crippen molar-refractivity contribution in [3.63, 3.8) is 0 Å². The summed E-state index contributed by atoms with van der Waals surface area (Å²) in [6.07, 6.45) is -2.68. The van der Waals surface area contributed by atoms with E-state index in [0.717, 1.165) is 25.0 Å². The third-order valence-electron chi connectivity index (χ3n) is 3.28. The number of rotatable bonds is 3. The van der Waals surface area contributed by atoms with E-state index >= 15 is 0 Å². The Balaban J connectivity index is 2.26. The predicted molar refractivity (Wildman–Crippen MR) is 70.9 cm³/mol. The number of alkyl halides is 3. The molecule has 0 amide bonds. The molecule has 1 aliphatic heterocycles. The zero-order chi connectivity index (χ0) is 14.8. The quantitative estimate of drug-likeness (QED) is 0.897. The van der Waals surface area contributed by atoms with Crippen LogP contribution in [-0.2, 0) is 10.9 Å². The average Bonchev–Trinajstić information content (AvgIpc) is 2.37. The third kappa shape index (κ3) is 3.53. The molecule has 1 unspecified atom stereocenters. The van der Waals surface area contributed by atoms with Crippen LogP contribution in [-0.4, -0.2) is 30.8 Å². The average molecular weight is 289 g/mol. The number of pyridine rings is 1. The minimum absolute atomic E-state index is 0.183.